The van der Waals surface area contributed by atoms with Crippen molar-refractivity contribution >= 4 is 43.9 Å². The van der Waals surface area contributed by atoms with Gasteiger partial charge in [0.25, 0.3) is 5.56 Å². The molecule has 1 aliphatic rings. The van der Waals surface area contributed by atoms with Gasteiger partial charge >= 0.3 is 5.97 Å². The molecule has 170 valence electrons. The van der Waals surface area contributed by atoms with Crippen molar-refractivity contribution in [3.63, 3.8) is 0 Å². The number of hydrogen-bond donors (Lipinski definition) is 0. The van der Waals surface area contributed by atoms with E-state index in [1.54, 1.807) is 25.4 Å². The molecule has 0 amide bonds. The number of sulfonamides is 1. The molecule has 12 heteroatoms. The minimum atomic E-state index is -3.95. The van der Waals surface area contributed by atoms with Crippen LogP contribution in [-0.4, -0.2) is 53.4 Å². The molecule has 9 nitrogen and oxygen atoms in total. The van der Waals surface area contributed by atoms with E-state index < -0.39 is 16.0 Å². The van der Waals surface area contributed by atoms with Crippen molar-refractivity contribution in [1.82, 2.24) is 13.7 Å². The summed E-state index contributed by atoms with van der Waals surface area (Å²) >= 11 is 7.46. The average molecular weight is 498 g/mol. The summed E-state index contributed by atoms with van der Waals surface area (Å²) in [6.07, 6.45) is 1.08. The van der Waals surface area contributed by atoms with E-state index in [1.807, 2.05) is 0 Å². The zero-order valence-corrected chi connectivity index (χ0v) is 19.6. The molecule has 32 heavy (non-hydrogen) atoms. The van der Waals surface area contributed by atoms with Gasteiger partial charge < -0.3 is 9.47 Å². The lowest BCUT2D eigenvalue weighted by atomic mass is 10.2. The van der Waals surface area contributed by atoms with Crippen LogP contribution in [0.25, 0.3) is 4.96 Å². The zero-order chi connectivity index (χ0) is 23.0. The molecule has 3 heterocycles. The lowest BCUT2D eigenvalue weighted by Crippen LogP contribution is -2.48. The van der Waals surface area contributed by atoms with Crippen LogP contribution in [0.4, 0.5) is 0 Å². The van der Waals surface area contributed by atoms with Gasteiger partial charge in [-0.1, -0.05) is 11.6 Å². The number of hydrogen-bond acceptors (Lipinski definition) is 8. The van der Waals surface area contributed by atoms with Crippen molar-refractivity contribution in [2.24, 2.45) is 0 Å². The average Bonchev–Trinajstić information content (AvgIpc) is 3.21. The van der Waals surface area contributed by atoms with Gasteiger partial charge in [0.05, 0.1) is 28.5 Å². The Morgan fingerprint density at radius 2 is 2.00 bits per heavy atom. The van der Waals surface area contributed by atoms with E-state index in [1.165, 1.54) is 44.3 Å². The number of halogens is 1. The molecule has 0 bridgehead atoms. The van der Waals surface area contributed by atoms with Crippen molar-refractivity contribution in [2.45, 2.75) is 37.6 Å². The number of aromatic nitrogens is 2. The maximum Gasteiger partial charge on any atom is 0.338 e. The predicted molar refractivity (Wildman–Crippen MR) is 119 cm³/mol. The van der Waals surface area contributed by atoms with Crippen molar-refractivity contribution < 1.29 is 22.7 Å². The number of esters is 1. The Kier molecular flexibility index (Phi) is 6.37. The lowest BCUT2D eigenvalue weighted by molar-refractivity contribution is -0.0440. The number of fused-ring (bicyclic) bond motifs is 1. The van der Waals surface area contributed by atoms with E-state index >= 15 is 0 Å². The first-order valence-corrected chi connectivity index (χ1v) is 12.4. The molecular weight excluding hydrogens is 478 g/mol. The normalized spacial score (nSPS) is 19.8. The number of nitrogens with zero attached hydrogens (tertiary/aromatic N) is 3. The fraction of sp³-hybridized carbons (Fsp3) is 0.350. The van der Waals surface area contributed by atoms with Gasteiger partial charge in [0.1, 0.15) is 11.5 Å². The summed E-state index contributed by atoms with van der Waals surface area (Å²) in [5, 5.41) is 1.73. The van der Waals surface area contributed by atoms with E-state index in [9.17, 15) is 18.0 Å². The minimum Gasteiger partial charge on any atom is -0.456 e. The number of carbonyl (C=O) groups is 1. The van der Waals surface area contributed by atoms with Crippen LogP contribution in [0, 0.1) is 0 Å². The first-order valence-electron chi connectivity index (χ1n) is 9.73. The Labute approximate surface area is 193 Å². The predicted octanol–water partition coefficient (Wildman–Crippen LogP) is 2.56. The molecule has 0 radical (unpaired) electrons. The monoisotopic (exact) mass is 497 g/mol. The first kappa shape index (κ1) is 22.9. The smallest absolute Gasteiger partial charge is 0.338 e. The molecule has 4 rings (SSSR count). The highest BCUT2D eigenvalue weighted by Gasteiger charge is 2.34. The molecule has 1 aromatic carbocycles. The van der Waals surface area contributed by atoms with Gasteiger partial charge in [0, 0.05) is 30.7 Å². The maximum atomic E-state index is 13.2. The third-order valence-corrected chi connectivity index (χ3v) is 7.95. The van der Waals surface area contributed by atoms with Gasteiger partial charge in [-0.05, 0) is 32.0 Å². The number of ether oxygens (including phenoxy) is 2. The topological polar surface area (TPSA) is 107 Å². The summed E-state index contributed by atoms with van der Waals surface area (Å²) in [5.74, 6) is -0.755. The largest absolute Gasteiger partial charge is 0.456 e. The quantitative estimate of drug-likeness (QED) is 0.498. The molecule has 2 aromatic heterocycles. The zero-order valence-electron chi connectivity index (χ0n) is 17.2. The summed E-state index contributed by atoms with van der Waals surface area (Å²) in [6, 6.07) is 5.22. The Balaban J connectivity index is 1.54. The van der Waals surface area contributed by atoms with E-state index in [-0.39, 0.29) is 52.9 Å². The summed E-state index contributed by atoms with van der Waals surface area (Å²) < 4.78 is 39.9. The lowest BCUT2D eigenvalue weighted by Gasteiger charge is -2.34. The van der Waals surface area contributed by atoms with E-state index in [0.717, 1.165) is 0 Å². The molecule has 0 unspecified atom stereocenters. The third-order valence-electron chi connectivity index (χ3n) is 4.88. The molecule has 0 saturated carbocycles. The number of thiazole rings is 1. The molecule has 0 N–H and O–H groups in total. The van der Waals surface area contributed by atoms with E-state index in [4.69, 9.17) is 21.1 Å². The van der Waals surface area contributed by atoms with Gasteiger partial charge in [-0.3, -0.25) is 9.20 Å². The Morgan fingerprint density at radius 1 is 1.28 bits per heavy atom. The summed E-state index contributed by atoms with van der Waals surface area (Å²) in [7, 11) is -3.95. The van der Waals surface area contributed by atoms with Crippen molar-refractivity contribution in [3.05, 3.63) is 62.5 Å². The second kappa shape index (κ2) is 8.91. The highest BCUT2D eigenvalue weighted by atomic mass is 35.5. The number of rotatable bonds is 5. The molecule has 2 atom stereocenters. The highest BCUT2D eigenvalue weighted by Crippen LogP contribution is 2.28. The first-order chi connectivity index (χ1) is 15.1. The van der Waals surface area contributed by atoms with Gasteiger partial charge in [-0.2, -0.15) is 4.31 Å². The Hall–Kier alpha value is -2.31. The molecule has 1 saturated heterocycles. The van der Waals surface area contributed by atoms with E-state index in [2.05, 4.69) is 4.98 Å². The van der Waals surface area contributed by atoms with Crippen LogP contribution >= 0.6 is 22.9 Å². The van der Waals surface area contributed by atoms with Gasteiger partial charge in [-0.25, -0.2) is 18.2 Å². The fourth-order valence-electron chi connectivity index (χ4n) is 3.48. The maximum absolute atomic E-state index is 13.2. The minimum absolute atomic E-state index is 0.00573. The van der Waals surface area contributed by atoms with Crippen molar-refractivity contribution in [2.75, 3.05) is 13.1 Å². The van der Waals surface area contributed by atoms with Crippen molar-refractivity contribution in [1.29, 1.82) is 0 Å². The molecular formula is C20H20ClN3O6S2. The van der Waals surface area contributed by atoms with Gasteiger partial charge in [-0.15, -0.1) is 11.3 Å². The summed E-state index contributed by atoms with van der Waals surface area (Å²) in [4.78, 5) is 29.2. The molecule has 0 aliphatic carbocycles. The van der Waals surface area contributed by atoms with Gasteiger partial charge in [0.15, 0.2) is 4.96 Å². The molecule has 1 fully saturated rings. The Morgan fingerprint density at radius 3 is 2.72 bits per heavy atom. The van der Waals surface area contributed by atoms with Crippen LogP contribution in [0.1, 0.15) is 29.9 Å². The number of morpholine rings is 1. The highest BCUT2D eigenvalue weighted by molar-refractivity contribution is 7.89. The van der Waals surface area contributed by atoms with Crippen LogP contribution in [0.2, 0.25) is 5.02 Å². The van der Waals surface area contributed by atoms with Crippen LogP contribution in [-0.2, 0) is 26.1 Å². The third kappa shape index (κ3) is 4.57. The van der Waals surface area contributed by atoms with Crippen LogP contribution in [0.5, 0.6) is 0 Å². The second-order valence-electron chi connectivity index (χ2n) is 7.44. The number of carbonyl (C=O) groups excluding carboxylic acids is 1. The molecule has 0 spiro atoms. The SMILES string of the molecule is C[C@@H]1CN(S(=O)(=O)c2cc(C(=O)OCc3cc(=O)n4ccsc4n3)ccc2Cl)C[C@@H](C)O1. The van der Waals surface area contributed by atoms with Crippen LogP contribution in [0.3, 0.4) is 0 Å². The van der Waals surface area contributed by atoms with Crippen molar-refractivity contribution in [3.8, 4) is 0 Å². The standard InChI is InChI=1S/C20H20ClN3O6S2/c1-12-9-23(10-13(2)30-12)32(27,28)17-7-14(3-4-16(17)21)19(26)29-11-15-8-18(25)24-5-6-31-20(24)22-15/h3-8,12-13H,9-11H2,1-2H3/t12-,13-/m1/s1. The molecule has 1 aliphatic heterocycles. The summed E-state index contributed by atoms with van der Waals surface area (Å²) in [6.45, 7) is 3.72. The van der Waals surface area contributed by atoms with Crippen LogP contribution in [0.15, 0.2) is 45.5 Å². The van der Waals surface area contributed by atoms with Crippen LogP contribution < -0.4 is 5.56 Å². The number of benzene rings is 1. The van der Waals surface area contributed by atoms with Gasteiger partial charge in [0.2, 0.25) is 10.0 Å². The fourth-order valence-corrected chi connectivity index (χ4v) is 6.31. The summed E-state index contributed by atoms with van der Waals surface area (Å²) in [5.41, 5.74) is 0.0382. The second-order valence-corrected chi connectivity index (χ2v) is 10.6. The van der Waals surface area contributed by atoms with E-state index in [0.29, 0.717) is 10.7 Å². The Bertz CT molecular complexity index is 1330. The molecule has 3 aromatic rings.